The molecule has 1 aliphatic rings. The molecule has 0 bridgehead atoms. The molecule has 1 aliphatic heterocycles. The molecule has 2 heterocycles. The third-order valence-electron chi connectivity index (χ3n) is 4.07. The molecule has 130 valence electrons. The number of aromatic amines is 1. The molecule has 1 aromatic heterocycles. The quantitative estimate of drug-likeness (QED) is 0.722. The Balaban J connectivity index is 1.59. The number of imide groups is 1. The maximum absolute atomic E-state index is 12.1. The van der Waals surface area contributed by atoms with Crippen LogP contribution in [0, 0.1) is 0 Å². The molecule has 0 aliphatic carbocycles. The molecule has 10 nitrogen and oxygen atoms in total. The maximum Gasteiger partial charge on any atom is 0.326 e. The van der Waals surface area contributed by atoms with Crippen LogP contribution in [0.2, 0.25) is 0 Å². The Labute approximate surface area is 143 Å². The summed E-state index contributed by atoms with van der Waals surface area (Å²) in [6.45, 7) is 0.291. The van der Waals surface area contributed by atoms with E-state index in [9.17, 15) is 14.4 Å². The van der Waals surface area contributed by atoms with E-state index < -0.39 is 12.1 Å². The Hall–Kier alpha value is -3.30. The van der Waals surface area contributed by atoms with E-state index in [-0.39, 0.29) is 18.2 Å². The fourth-order valence-electron chi connectivity index (χ4n) is 2.63. The Kier molecular flexibility index (Phi) is 4.42. The van der Waals surface area contributed by atoms with Crippen molar-refractivity contribution >= 4 is 17.8 Å². The van der Waals surface area contributed by atoms with Gasteiger partial charge in [0.15, 0.2) is 0 Å². The van der Waals surface area contributed by atoms with E-state index in [2.05, 4.69) is 25.9 Å². The zero-order valence-corrected chi connectivity index (χ0v) is 13.8. The van der Waals surface area contributed by atoms with Gasteiger partial charge in [0.1, 0.15) is 6.04 Å². The molecule has 10 heteroatoms. The molecule has 1 unspecified atom stereocenters. The SMILES string of the molecule is CN1C(=O)C(CC(=O)NCc2cccc(-c3nn[nH]n3)c2)N(C)C1=O. The first kappa shape index (κ1) is 16.6. The molecular weight excluding hydrogens is 326 g/mol. The second-order valence-electron chi connectivity index (χ2n) is 5.72. The van der Waals surface area contributed by atoms with Crippen LogP contribution in [0.4, 0.5) is 4.79 Å². The number of tetrazole rings is 1. The van der Waals surface area contributed by atoms with Gasteiger partial charge in [-0.05, 0) is 16.8 Å². The fourth-order valence-corrected chi connectivity index (χ4v) is 2.63. The van der Waals surface area contributed by atoms with E-state index in [1.54, 1.807) is 0 Å². The van der Waals surface area contributed by atoms with Gasteiger partial charge in [-0.2, -0.15) is 5.21 Å². The van der Waals surface area contributed by atoms with E-state index >= 15 is 0 Å². The minimum atomic E-state index is -0.761. The van der Waals surface area contributed by atoms with Gasteiger partial charge in [0, 0.05) is 26.2 Å². The fraction of sp³-hybridized carbons (Fsp3) is 0.333. The van der Waals surface area contributed by atoms with Crippen LogP contribution >= 0.6 is 0 Å². The smallest absolute Gasteiger partial charge is 0.326 e. The number of hydrogen-bond acceptors (Lipinski definition) is 6. The van der Waals surface area contributed by atoms with Crippen molar-refractivity contribution in [1.82, 2.24) is 35.7 Å². The summed E-state index contributed by atoms with van der Waals surface area (Å²) in [4.78, 5) is 38.1. The normalized spacial score (nSPS) is 17.3. The van der Waals surface area contributed by atoms with Gasteiger partial charge >= 0.3 is 6.03 Å². The second kappa shape index (κ2) is 6.67. The molecule has 1 fully saturated rings. The first-order chi connectivity index (χ1) is 12.0. The number of aromatic nitrogens is 4. The average Bonchev–Trinajstić information content (AvgIpc) is 3.22. The first-order valence-corrected chi connectivity index (χ1v) is 7.61. The summed E-state index contributed by atoms with van der Waals surface area (Å²) in [6.07, 6.45) is -0.0735. The van der Waals surface area contributed by atoms with Gasteiger partial charge in [0.05, 0.1) is 6.42 Å². The minimum absolute atomic E-state index is 0.0735. The van der Waals surface area contributed by atoms with Gasteiger partial charge in [-0.15, -0.1) is 10.2 Å². The van der Waals surface area contributed by atoms with Crippen molar-refractivity contribution < 1.29 is 14.4 Å². The summed E-state index contributed by atoms with van der Waals surface area (Å²) in [7, 11) is 2.92. The molecule has 0 radical (unpaired) electrons. The molecule has 1 atom stereocenters. The summed E-state index contributed by atoms with van der Waals surface area (Å²) in [5.41, 5.74) is 1.63. The standard InChI is InChI=1S/C15H17N7O3/c1-21-11(14(24)22(2)15(21)25)7-12(23)16-8-9-4-3-5-10(6-9)13-17-19-20-18-13/h3-6,11H,7-8H2,1-2H3,(H,16,23)(H,17,18,19,20). The van der Waals surface area contributed by atoms with Crippen molar-refractivity contribution in [2.45, 2.75) is 19.0 Å². The molecule has 3 rings (SSSR count). The monoisotopic (exact) mass is 343 g/mol. The van der Waals surface area contributed by atoms with Crippen LogP contribution in [-0.2, 0) is 16.1 Å². The number of likely N-dealkylation sites (N-methyl/N-ethyl adjacent to an activating group) is 2. The number of carbonyl (C=O) groups is 3. The van der Waals surface area contributed by atoms with Crippen molar-refractivity contribution in [3.05, 3.63) is 29.8 Å². The molecule has 1 saturated heterocycles. The number of urea groups is 1. The lowest BCUT2D eigenvalue weighted by Gasteiger charge is -2.15. The van der Waals surface area contributed by atoms with Gasteiger partial charge in [-0.3, -0.25) is 14.5 Å². The lowest BCUT2D eigenvalue weighted by molar-refractivity contribution is -0.131. The number of nitrogens with zero attached hydrogens (tertiary/aromatic N) is 5. The summed E-state index contributed by atoms with van der Waals surface area (Å²) in [5, 5.41) is 16.5. The molecular formula is C15H17N7O3. The Morgan fingerprint density at radius 1 is 1.32 bits per heavy atom. The van der Waals surface area contributed by atoms with Gasteiger partial charge in [-0.1, -0.05) is 18.2 Å². The summed E-state index contributed by atoms with van der Waals surface area (Å²) in [5.74, 6) is -0.215. The highest BCUT2D eigenvalue weighted by Crippen LogP contribution is 2.17. The van der Waals surface area contributed by atoms with Crippen molar-refractivity contribution in [1.29, 1.82) is 0 Å². The van der Waals surface area contributed by atoms with Crippen molar-refractivity contribution in [3.8, 4) is 11.4 Å². The molecule has 2 aromatic rings. The number of H-pyrrole nitrogens is 1. The van der Waals surface area contributed by atoms with Crippen molar-refractivity contribution in [3.63, 3.8) is 0 Å². The Morgan fingerprint density at radius 3 is 2.76 bits per heavy atom. The third-order valence-corrected chi connectivity index (χ3v) is 4.07. The Bertz CT molecular complexity index is 805. The predicted molar refractivity (Wildman–Crippen MR) is 85.8 cm³/mol. The summed E-state index contributed by atoms with van der Waals surface area (Å²) in [6, 6.07) is 6.20. The zero-order chi connectivity index (χ0) is 18.0. The number of carbonyl (C=O) groups excluding carboxylic acids is 3. The first-order valence-electron chi connectivity index (χ1n) is 7.61. The number of nitrogens with one attached hydrogen (secondary N) is 2. The second-order valence-corrected chi connectivity index (χ2v) is 5.72. The van der Waals surface area contributed by atoms with E-state index in [1.165, 1.54) is 19.0 Å². The van der Waals surface area contributed by atoms with E-state index in [0.717, 1.165) is 16.0 Å². The summed E-state index contributed by atoms with van der Waals surface area (Å²) < 4.78 is 0. The largest absolute Gasteiger partial charge is 0.352 e. The average molecular weight is 343 g/mol. The molecule has 25 heavy (non-hydrogen) atoms. The topological polar surface area (TPSA) is 124 Å². The van der Waals surface area contributed by atoms with Gasteiger partial charge in [0.25, 0.3) is 5.91 Å². The van der Waals surface area contributed by atoms with E-state index in [0.29, 0.717) is 12.4 Å². The van der Waals surface area contributed by atoms with Gasteiger partial charge < -0.3 is 10.2 Å². The predicted octanol–water partition coefficient (Wildman–Crippen LogP) is -0.235. The summed E-state index contributed by atoms with van der Waals surface area (Å²) >= 11 is 0. The van der Waals surface area contributed by atoms with Crippen LogP contribution in [0.15, 0.2) is 24.3 Å². The van der Waals surface area contributed by atoms with Crippen LogP contribution in [0.3, 0.4) is 0 Å². The lowest BCUT2D eigenvalue weighted by atomic mass is 10.1. The molecule has 1 aromatic carbocycles. The molecule has 2 N–H and O–H groups in total. The molecule has 4 amide bonds. The number of benzene rings is 1. The van der Waals surface area contributed by atoms with E-state index in [1.807, 2.05) is 24.3 Å². The molecule has 0 spiro atoms. The highest BCUT2D eigenvalue weighted by Gasteiger charge is 2.41. The number of amides is 4. The van der Waals surface area contributed by atoms with Crippen LogP contribution in [0.5, 0.6) is 0 Å². The van der Waals surface area contributed by atoms with Crippen molar-refractivity contribution in [2.24, 2.45) is 0 Å². The van der Waals surface area contributed by atoms with Crippen LogP contribution in [0.25, 0.3) is 11.4 Å². The van der Waals surface area contributed by atoms with Crippen LogP contribution in [0.1, 0.15) is 12.0 Å². The maximum atomic E-state index is 12.1. The van der Waals surface area contributed by atoms with Gasteiger partial charge in [0.2, 0.25) is 11.7 Å². The number of rotatable bonds is 5. The molecule has 0 saturated carbocycles. The highest BCUT2D eigenvalue weighted by molar-refractivity contribution is 6.05. The van der Waals surface area contributed by atoms with E-state index in [4.69, 9.17) is 0 Å². The third kappa shape index (κ3) is 3.32. The van der Waals surface area contributed by atoms with Crippen LogP contribution < -0.4 is 5.32 Å². The Morgan fingerprint density at radius 2 is 2.12 bits per heavy atom. The van der Waals surface area contributed by atoms with Crippen molar-refractivity contribution in [2.75, 3.05) is 14.1 Å². The van der Waals surface area contributed by atoms with Gasteiger partial charge in [-0.25, -0.2) is 4.79 Å². The van der Waals surface area contributed by atoms with Crippen LogP contribution in [-0.4, -0.2) is 68.4 Å². The number of hydrogen-bond donors (Lipinski definition) is 2. The minimum Gasteiger partial charge on any atom is -0.352 e. The highest BCUT2D eigenvalue weighted by atomic mass is 16.2. The zero-order valence-electron chi connectivity index (χ0n) is 13.8. The lowest BCUT2D eigenvalue weighted by Crippen LogP contribution is -2.37.